The summed E-state index contributed by atoms with van der Waals surface area (Å²) in [5.74, 6) is -2.85. The normalized spacial score (nSPS) is 18.0. The third kappa shape index (κ3) is 70.7. The Labute approximate surface area is 540 Å². The number of halogens is 20. The molecule has 0 heterocycles. The van der Waals surface area contributed by atoms with Crippen molar-refractivity contribution in [2.75, 3.05) is 6.67 Å². The summed E-state index contributed by atoms with van der Waals surface area (Å²) in [5.41, 5.74) is -4.24. The van der Waals surface area contributed by atoms with Gasteiger partial charge in [-0.05, 0) is 91.8 Å². The minimum atomic E-state index is -5.24. The zero-order chi connectivity index (χ0) is 78.0. The van der Waals surface area contributed by atoms with E-state index < -0.39 is 103 Å². The van der Waals surface area contributed by atoms with Crippen LogP contribution in [0.25, 0.3) is 0 Å². The maximum Gasteiger partial charge on any atom is 0.402 e. The second-order valence-electron chi connectivity index (χ2n) is 28.2. The lowest BCUT2D eigenvalue weighted by atomic mass is 9.86. The average Bonchev–Trinajstić information content (AvgIpc) is 1.28. The first-order chi connectivity index (χ1) is 40.6. The van der Waals surface area contributed by atoms with Crippen LogP contribution in [0.4, 0.5) is 87.8 Å². The number of rotatable bonds is 15. The van der Waals surface area contributed by atoms with Crippen LogP contribution in [0.15, 0.2) is 0 Å². The van der Waals surface area contributed by atoms with Gasteiger partial charge < -0.3 is 0 Å². The molecule has 6 unspecified atom stereocenters. The van der Waals surface area contributed by atoms with Crippen LogP contribution >= 0.6 is 0 Å². The van der Waals surface area contributed by atoms with Crippen LogP contribution in [0.2, 0.25) is 0 Å². The highest BCUT2D eigenvalue weighted by Gasteiger charge is 2.66. The van der Waals surface area contributed by atoms with Gasteiger partial charge in [0.15, 0.2) is 5.41 Å². The van der Waals surface area contributed by atoms with E-state index in [9.17, 15) is 87.8 Å². The van der Waals surface area contributed by atoms with Gasteiger partial charge in [0.1, 0.15) is 0 Å². The van der Waals surface area contributed by atoms with Crippen LogP contribution in [-0.2, 0) is 0 Å². The van der Waals surface area contributed by atoms with E-state index in [4.69, 9.17) is 5.48 Å². The molecule has 0 spiro atoms. The van der Waals surface area contributed by atoms with E-state index in [0.717, 1.165) is 57.8 Å². The van der Waals surface area contributed by atoms with Gasteiger partial charge in [-0.25, -0.2) is 17.6 Å². The molecule has 1 aliphatic carbocycles. The quantitative estimate of drug-likeness (QED) is 0.143. The molecule has 1 fully saturated rings. The summed E-state index contributed by atoms with van der Waals surface area (Å²) in [6, 6.07) is 0. The smallest absolute Gasteiger partial charge is 0.251 e. The topological polar surface area (TPSA) is 0 Å². The molecule has 0 N–H and O–H groups in total. The predicted octanol–water partition coefficient (Wildman–Crippen LogP) is 30.7. The molecule has 1 saturated carbocycles. The van der Waals surface area contributed by atoms with Crippen molar-refractivity contribution in [2.45, 2.75) is 367 Å². The third-order valence-corrected chi connectivity index (χ3v) is 15.2. The first kappa shape index (κ1) is 98.7. The minimum Gasteiger partial charge on any atom is -0.251 e. The van der Waals surface area contributed by atoms with E-state index in [1.165, 1.54) is 80.6 Å². The largest absolute Gasteiger partial charge is 0.402 e. The molecule has 0 amide bonds. The van der Waals surface area contributed by atoms with Gasteiger partial charge >= 0.3 is 30.9 Å². The predicted molar refractivity (Wildman–Crippen MR) is 342 cm³/mol. The summed E-state index contributed by atoms with van der Waals surface area (Å²) in [7, 11) is 0. The maximum atomic E-state index is 12.3. The zero-order valence-electron chi connectivity index (χ0n) is 65.6. The van der Waals surface area contributed by atoms with Crippen molar-refractivity contribution < 1.29 is 93.3 Å². The lowest BCUT2D eigenvalue weighted by Crippen LogP contribution is -2.47. The molecular weight excluding hydrogens is 1210 g/mol. The molecule has 0 aromatic heterocycles. The Bertz CT molecular complexity index is 1610. The summed E-state index contributed by atoms with van der Waals surface area (Å²) < 4.78 is 265. The molecular formula is C69H138F20. The van der Waals surface area contributed by atoms with Gasteiger partial charge in [0.2, 0.25) is 12.3 Å². The fourth-order valence-corrected chi connectivity index (χ4v) is 5.70. The molecule has 20 heteroatoms. The standard InChI is InChI=1S/C8H16.C7H16.C6H8F6.3C6H11F3.2C6H12F2.C6H13F.2C6H14/c1-6-4-5-7(2)8(6)3;1-5-6-7(2,3)4;1-3-4(2,5(7,8)9)6(10,11)12;1-4-5(2,3)6(7,8)9;2*1-3-4-5(2)6(7,8)9;1-4-6(7,8)5(2)3;1-3-4-5(2)6(7)8;1-3-4-6(2)5-7;2*1-5-6(2,3)4/h6-8H,4-5H2,1-3H3;5-6H2,1-4H3;3H2,1-2H3;4H2,1-3H3;2*5H,3-4H2,1-2H3;5H,4H2,1-3H3;5-6H,3-4H2,1-2H3;6H,3-5H2,1-2H3;2*5H2,1-4H3/i;;;;3D2;;;;;5D2;. The van der Waals surface area contributed by atoms with Crippen molar-refractivity contribution in [3.63, 3.8) is 0 Å². The maximum absolute atomic E-state index is 12.3. The van der Waals surface area contributed by atoms with Gasteiger partial charge in [-0.2, -0.15) is 65.9 Å². The fraction of sp³-hybridized carbons (Fsp3) is 1.00. The van der Waals surface area contributed by atoms with Crippen molar-refractivity contribution in [3.05, 3.63) is 0 Å². The molecule has 0 aromatic rings. The van der Waals surface area contributed by atoms with Gasteiger partial charge in [0, 0.05) is 23.7 Å². The lowest BCUT2D eigenvalue weighted by Gasteiger charge is -2.32. The zero-order valence-corrected chi connectivity index (χ0v) is 61.6. The number of hydrogen-bond acceptors (Lipinski definition) is 0. The van der Waals surface area contributed by atoms with Gasteiger partial charge in [-0.15, -0.1) is 0 Å². The summed E-state index contributed by atoms with van der Waals surface area (Å²) in [6.07, 6.45) is -17.8. The highest BCUT2D eigenvalue weighted by molar-refractivity contribution is 4.87. The molecule has 554 valence electrons. The molecule has 0 saturated heterocycles. The molecule has 0 nitrogen and oxygen atoms in total. The SMILES string of the molecule is CC1CCC(C)C1C.CCC(C)(C(F)(F)F)C(F)(F)F.CCC(C)(C)C.CCC(C)(C)C(F)(F)F.CCC(F)(F)C(C)C.CCCC(C)(C)C.CCCC(C)C(F)(F)F.CCCC(C)C(F)F.CCCC(C)CF.[2H]C([2H])(C)C(C)(C)C.[2H]C([2H])(C)CC(C)C(F)(F)F. The molecule has 6 atom stereocenters. The molecule has 0 aliphatic heterocycles. The molecule has 0 radical (unpaired) electrons. The van der Waals surface area contributed by atoms with Crippen molar-refractivity contribution in [1.29, 1.82) is 0 Å². The first-order valence-corrected chi connectivity index (χ1v) is 32.1. The first-order valence-electron chi connectivity index (χ1n) is 34.1. The Hall–Kier alpha value is -1.40. The third-order valence-electron chi connectivity index (χ3n) is 15.2. The van der Waals surface area contributed by atoms with Gasteiger partial charge in [-0.3, -0.25) is 4.39 Å². The highest BCUT2D eigenvalue weighted by Crippen LogP contribution is 2.52. The minimum absolute atomic E-state index is 0.0509. The Kier molecular flexibility index (Phi) is 58.6. The van der Waals surface area contributed by atoms with Crippen LogP contribution in [-0.4, -0.2) is 49.9 Å². The fourth-order valence-electron chi connectivity index (χ4n) is 5.70. The van der Waals surface area contributed by atoms with Crippen molar-refractivity contribution >= 4 is 0 Å². The van der Waals surface area contributed by atoms with E-state index in [1.54, 1.807) is 20.8 Å². The van der Waals surface area contributed by atoms with Crippen molar-refractivity contribution in [2.24, 2.45) is 74.4 Å². The van der Waals surface area contributed by atoms with Crippen LogP contribution in [0.3, 0.4) is 0 Å². The number of alkyl halides is 20. The van der Waals surface area contributed by atoms with Gasteiger partial charge in [-0.1, -0.05) is 265 Å². The van der Waals surface area contributed by atoms with Crippen molar-refractivity contribution in [3.8, 4) is 0 Å². The van der Waals surface area contributed by atoms with Crippen molar-refractivity contribution in [1.82, 2.24) is 0 Å². The molecule has 1 rings (SSSR count). The van der Waals surface area contributed by atoms with Crippen LogP contribution in [0.1, 0.15) is 329 Å². The van der Waals surface area contributed by atoms with Gasteiger partial charge in [0.25, 0.3) is 0 Å². The Balaban J connectivity index is -0.000000102. The van der Waals surface area contributed by atoms with E-state index in [-0.39, 0.29) is 44.2 Å². The number of hydrogen-bond donors (Lipinski definition) is 0. The molecule has 89 heavy (non-hydrogen) atoms. The van der Waals surface area contributed by atoms with E-state index in [0.29, 0.717) is 23.7 Å². The lowest BCUT2D eigenvalue weighted by molar-refractivity contribution is -0.335. The summed E-state index contributed by atoms with van der Waals surface area (Å²) in [6.45, 7) is 54.4. The molecule has 1 aliphatic rings. The Morgan fingerprint density at radius 1 is 0.416 bits per heavy atom. The molecule has 0 aromatic carbocycles. The van der Waals surface area contributed by atoms with Crippen LogP contribution in [0.5, 0.6) is 0 Å². The van der Waals surface area contributed by atoms with Gasteiger partial charge in [0.05, 0.1) is 23.9 Å². The Morgan fingerprint density at radius 2 is 0.742 bits per heavy atom. The summed E-state index contributed by atoms with van der Waals surface area (Å²) in [5, 5.41) is 0. The Morgan fingerprint density at radius 3 is 0.798 bits per heavy atom. The highest BCUT2D eigenvalue weighted by atomic mass is 19.4. The summed E-state index contributed by atoms with van der Waals surface area (Å²) >= 11 is 0. The van der Waals surface area contributed by atoms with E-state index in [2.05, 4.69) is 83.1 Å². The monoisotopic (exact) mass is 1350 g/mol. The second-order valence-corrected chi connectivity index (χ2v) is 28.2. The van der Waals surface area contributed by atoms with E-state index >= 15 is 0 Å². The summed E-state index contributed by atoms with van der Waals surface area (Å²) in [4.78, 5) is 0. The second kappa shape index (κ2) is 52.8. The van der Waals surface area contributed by atoms with E-state index in [1.807, 2.05) is 34.6 Å². The molecule has 0 bridgehead atoms. The average molecular weight is 1350 g/mol. The van der Waals surface area contributed by atoms with Crippen LogP contribution in [0, 0.1) is 74.4 Å². The van der Waals surface area contributed by atoms with Crippen LogP contribution < -0.4 is 0 Å².